The van der Waals surface area contributed by atoms with Gasteiger partial charge in [0, 0.05) is 33.2 Å². The topological polar surface area (TPSA) is 50.5 Å². The highest BCUT2D eigenvalue weighted by Crippen LogP contribution is 2.21. The summed E-state index contributed by atoms with van der Waals surface area (Å²) >= 11 is 5.56. The maximum Gasteiger partial charge on any atom is 0.243 e. The number of sulfonamides is 1. The Balaban J connectivity index is 1.50. The van der Waals surface area contributed by atoms with E-state index in [1.165, 1.54) is 4.31 Å². The zero-order valence-corrected chi connectivity index (χ0v) is 17.4. The first-order chi connectivity index (χ1) is 13.8. The summed E-state index contributed by atoms with van der Waals surface area (Å²) in [4.78, 5) is 1.89. The molecule has 29 heavy (non-hydrogen) atoms. The molecule has 3 aromatic rings. The summed E-state index contributed by atoms with van der Waals surface area (Å²) in [6.07, 6.45) is 0. The second-order valence-electron chi connectivity index (χ2n) is 7.00. The third-order valence-corrected chi connectivity index (χ3v) is 7.64. The molecule has 0 N–H and O–H groups in total. The summed E-state index contributed by atoms with van der Waals surface area (Å²) in [6, 6.07) is 10.6. The average molecular weight is 439 g/mol. The van der Waals surface area contributed by atoms with Crippen LogP contribution in [0.15, 0.2) is 47.4 Å². The van der Waals surface area contributed by atoms with Gasteiger partial charge in [-0.25, -0.2) is 17.2 Å². The molecule has 0 saturated carbocycles. The van der Waals surface area contributed by atoms with E-state index < -0.39 is 21.7 Å². The van der Waals surface area contributed by atoms with Crippen LogP contribution in [0.1, 0.15) is 0 Å². The fourth-order valence-corrected chi connectivity index (χ4v) is 5.29. The van der Waals surface area contributed by atoms with Crippen LogP contribution in [0.4, 0.5) is 8.78 Å². The minimum atomic E-state index is -3.87. The molecule has 2 heterocycles. The highest BCUT2D eigenvalue weighted by atomic mass is 32.2. The molecule has 0 radical (unpaired) electrons. The number of rotatable bonds is 4. The van der Waals surface area contributed by atoms with Crippen molar-refractivity contribution in [1.29, 1.82) is 0 Å². The Bertz CT molecular complexity index is 1230. The number of hydrogen-bond donors (Lipinski definition) is 0. The van der Waals surface area contributed by atoms with Crippen molar-refractivity contribution in [2.45, 2.75) is 11.6 Å². The van der Waals surface area contributed by atoms with Gasteiger partial charge in [0.1, 0.15) is 0 Å². The lowest BCUT2D eigenvalue weighted by Gasteiger charge is -2.34. The molecule has 1 fully saturated rings. The Kier molecular flexibility index (Phi) is 5.28. The van der Waals surface area contributed by atoms with Gasteiger partial charge in [0.05, 0.1) is 22.6 Å². The second kappa shape index (κ2) is 7.60. The van der Waals surface area contributed by atoms with Gasteiger partial charge in [-0.05, 0) is 42.5 Å². The number of fused-ring (bicyclic) bond motifs is 1. The van der Waals surface area contributed by atoms with E-state index in [1.54, 1.807) is 0 Å². The van der Waals surface area contributed by atoms with Crippen molar-refractivity contribution in [2.24, 2.45) is 7.05 Å². The molecule has 10 heteroatoms. The van der Waals surface area contributed by atoms with Crippen molar-refractivity contribution in [1.82, 2.24) is 18.3 Å². The molecule has 1 saturated heterocycles. The second-order valence-corrected chi connectivity index (χ2v) is 9.30. The molecule has 0 unspecified atom stereocenters. The van der Waals surface area contributed by atoms with Crippen molar-refractivity contribution in [2.75, 3.05) is 26.2 Å². The molecule has 154 valence electrons. The van der Waals surface area contributed by atoms with Crippen LogP contribution in [0.2, 0.25) is 0 Å². The zero-order valence-electron chi connectivity index (χ0n) is 15.8. The Labute approximate surface area is 172 Å². The number of para-hydroxylation sites is 2. The van der Waals surface area contributed by atoms with Gasteiger partial charge < -0.3 is 9.13 Å². The number of benzene rings is 2. The first kappa shape index (κ1) is 20.1. The van der Waals surface area contributed by atoms with Crippen LogP contribution in [0, 0.1) is 16.4 Å². The van der Waals surface area contributed by atoms with Crippen molar-refractivity contribution in [3.05, 3.63) is 58.9 Å². The smallest absolute Gasteiger partial charge is 0.243 e. The molecule has 1 aromatic heterocycles. The van der Waals surface area contributed by atoms with E-state index in [0.29, 0.717) is 24.5 Å². The molecule has 4 rings (SSSR count). The van der Waals surface area contributed by atoms with Gasteiger partial charge in [-0.3, -0.25) is 4.90 Å². The van der Waals surface area contributed by atoms with Crippen molar-refractivity contribution < 1.29 is 17.2 Å². The van der Waals surface area contributed by atoms with Crippen LogP contribution in [0.5, 0.6) is 0 Å². The van der Waals surface area contributed by atoms with Gasteiger partial charge in [0.15, 0.2) is 16.4 Å². The van der Waals surface area contributed by atoms with E-state index >= 15 is 0 Å². The van der Waals surface area contributed by atoms with E-state index in [2.05, 4.69) is 4.90 Å². The quantitative estimate of drug-likeness (QED) is 0.588. The number of aryl methyl sites for hydroxylation is 1. The molecule has 0 bridgehead atoms. The minimum Gasteiger partial charge on any atom is -0.320 e. The van der Waals surface area contributed by atoms with Gasteiger partial charge >= 0.3 is 0 Å². The molecule has 1 aliphatic heterocycles. The number of nitrogens with zero attached hydrogens (tertiary/aromatic N) is 4. The van der Waals surface area contributed by atoms with Crippen LogP contribution in [-0.4, -0.2) is 52.9 Å². The Morgan fingerprint density at radius 1 is 0.966 bits per heavy atom. The van der Waals surface area contributed by atoms with Gasteiger partial charge in [0.2, 0.25) is 10.0 Å². The van der Waals surface area contributed by atoms with E-state index in [4.69, 9.17) is 12.2 Å². The molecule has 1 aliphatic rings. The van der Waals surface area contributed by atoms with Gasteiger partial charge in [-0.1, -0.05) is 12.1 Å². The first-order valence-corrected chi connectivity index (χ1v) is 11.0. The summed E-state index contributed by atoms with van der Waals surface area (Å²) in [5.41, 5.74) is 2.06. The summed E-state index contributed by atoms with van der Waals surface area (Å²) in [5, 5.41) is 0. The zero-order chi connectivity index (χ0) is 20.8. The number of hydrogen-bond acceptors (Lipinski definition) is 4. The Hall–Kier alpha value is -2.14. The van der Waals surface area contributed by atoms with E-state index in [-0.39, 0.29) is 18.0 Å². The van der Waals surface area contributed by atoms with Crippen molar-refractivity contribution in [3.8, 4) is 0 Å². The van der Waals surface area contributed by atoms with E-state index in [9.17, 15) is 17.2 Å². The Morgan fingerprint density at radius 3 is 2.28 bits per heavy atom. The largest absolute Gasteiger partial charge is 0.320 e. The predicted octanol–water partition coefficient (Wildman–Crippen LogP) is 2.95. The lowest BCUT2D eigenvalue weighted by atomic mass is 10.3. The highest BCUT2D eigenvalue weighted by Gasteiger charge is 2.29. The highest BCUT2D eigenvalue weighted by molar-refractivity contribution is 7.89. The summed E-state index contributed by atoms with van der Waals surface area (Å²) in [7, 11) is -1.94. The lowest BCUT2D eigenvalue weighted by molar-refractivity contribution is 0.153. The molecule has 0 aliphatic carbocycles. The first-order valence-electron chi connectivity index (χ1n) is 9.11. The fourth-order valence-electron chi connectivity index (χ4n) is 3.60. The number of imidazole rings is 1. The minimum absolute atomic E-state index is 0.235. The molecule has 0 spiro atoms. The van der Waals surface area contributed by atoms with Crippen LogP contribution < -0.4 is 0 Å². The lowest BCUT2D eigenvalue weighted by Crippen LogP contribution is -2.48. The number of halogens is 2. The maximum absolute atomic E-state index is 13.5. The Morgan fingerprint density at radius 2 is 1.62 bits per heavy atom. The predicted molar refractivity (Wildman–Crippen MR) is 108 cm³/mol. The fraction of sp³-hybridized carbons (Fsp3) is 0.316. The molecule has 0 atom stereocenters. The van der Waals surface area contributed by atoms with E-state index in [1.807, 2.05) is 40.4 Å². The van der Waals surface area contributed by atoms with E-state index in [0.717, 1.165) is 29.2 Å². The van der Waals surface area contributed by atoms with Crippen LogP contribution >= 0.6 is 12.2 Å². The monoisotopic (exact) mass is 438 g/mol. The van der Waals surface area contributed by atoms with Gasteiger partial charge in [-0.15, -0.1) is 0 Å². The number of aromatic nitrogens is 2. The molecular formula is C19H20F2N4O2S2. The van der Waals surface area contributed by atoms with Crippen molar-refractivity contribution in [3.63, 3.8) is 0 Å². The SMILES string of the molecule is Cn1c(=S)n(CN2CCN(S(=O)(=O)c3ccc(F)c(F)c3)CC2)c2ccccc21. The van der Waals surface area contributed by atoms with Crippen molar-refractivity contribution >= 4 is 33.3 Å². The maximum atomic E-state index is 13.5. The van der Waals surface area contributed by atoms with Crippen LogP contribution in [0.25, 0.3) is 11.0 Å². The van der Waals surface area contributed by atoms with Crippen LogP contribution in [0.3, 0.4) is 0 Å². The average Bonchev–Trinajstić information content (AvgIpc) is 2.95. The molecule has 0 amide bonds. The van der Waals surface area contributed by atoms with Gasteiger partial charge in [0.25, 0.3) is 0 Å². The summed E-state index contributed by atoms with van der Waals surface area (Å²) in [5.74, 6) is -2.24. The van der Waals surface area contributed by atoms with Crippen LogP contribution in [-0.2, 0) is 23.7 Å². The molecular weight excluding hydrogens is 418 g/mol. The number of piperazine rings is 1. The third-order valence-electron chi connectivity index (χ3n) is 5.25. The third kappa shape index (κ3) is 3.61. The molecule has 2 aromatic carbocycles. The summed E-state index contributed by atoms with van der Waals surface area (Å²) in [6.45, 7) is 2.10. The molecule has 6 nitrogen and oxygen atoms in total. The summed E-state index contributed by atoms with van der Waals surface area (Å²) < 4.78 is 58.1. The standard InChI is InChI=1S/C19H20F2N4O2S2/c1-22-17-4-2-3-5-18(17)25(19(22)28)13-23-8-10-24(11-9-23)29(26,27)14-6-7-15(20)16(21)12-14/h2-7,12H,8-11,13H2,1H3. The van der Waals surface area contributed by atoms with Gasteiger partial charge in [-0.2, -0.15) is 4.31 Å². The normalized spacial score (nSPS) is 16.5.